The molecule has 11 heavy (non-hydrogen) atoms. The Hall–Kier alpha value is -1.11. The van der Waals surface area contributed by atoms with Gasteiger partial charge in [-0.1, -0.05) is 18.2 Å². The van der Waals surface area contributed by atoms with Gasteiger partial charge >= 0.3 is 0 Å². The fraction of sp³-hybridized carbons (Fsp3) is 0.300. The van der Waals surface area contributed by atoms with Gasteiger partial charge in [0.2, 0.25) is 0 Å². The molecule has 1 aliphatic rings. The van der Waals surface area contributed by atoms with Crippen molar-refractivity contribution in [2.75, 3.05) is 0 Å². The highest BCUT2D eigenvalue weighted by Gasteiger charge is 2.09. The van der Waals surface area contributed by atoms with Crippen LogP contribution in [0, 0.1) is 0 Å². The van der Waals surface area contributed by atoms with Crippen LogP contribution in [0.1, 0.15) is 20.3 Å². The van der Waals surface area contributed by atoms with Crippen molar-refractivity contribution >= 4 is 5.78 Å². The lowest BCUT2D eigenvalue weighted by molar-refractivity contribution is -0.114. The van der Waals surface area contributed by atoms with Gasteiger partial charge in [-0.25, -0.2) is 0 Å². The molecule has 1 heteroatoms. The predicted molar refractivity (Wildman–Crippen MR) is 46.3 cm³/mol. The van der Waals surface area contributed by atoms with Crippen molar-refractivity contribution in [3.8, 4) is 0 Å². The number of carbonyl (C=O) groups is 1. The molecule has 0 aromatic rings. The molecule has 58 valence electrons. The highest BCUT2D eigenvalue weighted by molar-refractivity contribution is 5.94. The molecular weight excluding hydrogens is 136 g/mol. The van der Waals surface area contributed by atoms with Gasteiger partial charge in [0.1, 0.15) is 0 Å². The summed E-state index contributed by atoms with van der Waals surface area (Å²) < 4.78 is 0. The number of carbonyl (C=O) groups excluding carboxylic acids is 1. The van der Waals surface area contributed by atoms with Crippen LogP contribution in [0.15, 0.2) is 35.5 Å². The van der Waals surface area contributed by atoms with Crippen molar-refractivity contribution in [2.45, 2.75) is 20.3 Å². The largest absolute Gasteiger partial charge is 0.294 e. The fourth-order valence-electron chi connectivity index (χ4n) is 1.19. The first-order chi connectivity index (χ1) is 5.27. The molecule has 0 atom stereocenters. The predicted octanol–water partition coefficient (Wildman–Crippen LogP) is 2.41. The Labute approximate surface area is 67.1 Å². The van der Waals surface area contributed by atoms with Gasteiger partial charge in [0.15, 0.2) is 5.78 Å². The molecule has 0 aromatic carbocycles. The maximum absolute atomic E-state index is 10.9. The Morgan fingerprint density at radius 1 is 1.27 bits per heavy atom. The average molecular weight is 148 g/mol. The van der Waals surface area contributed by atoms with Crippen molar-refractivity contribution in [1.29, 1.82) is 0 Å². The quantitative estimate of drug-likeness (QED) is 0.515. The zero-order chi connectivity index (χ0) is 8.27. The van der Waals surface area contributed by atoms with Crippen LogP contribution in [-0.4, -0.2) is 5.78 Å². The first kappa shape index (κ1) is 7.99. The standard InChI is InChI=1S/C10H12O/c1-3-8-5-6-10(11)7-9(8)4-2/h3-6H,7H2,1-2H3/b8-3-,9-4-. The number of hydrogen-bond acceptors (Lipinski definition) is 1. The molecule has 0 heterocycles. The van der Waals surface area contributed by atoms with E-state index in [-0.39, 0.29) is 5.78 Å². The fourth-order valence-corrected chi connectivity index (χ4v) is 1.19. The Kier molecular flexibility index (Phi) is 2.42. The lowest BCUT2D eigenvalue weighted by Crippen LogP contribution is -2.02. The van der Waals surface area contributed by atoms with Gasteiger partial charge in [0.25, 0.3) is 0 Å². The molecule has 0 unspecified atom stereocenters. The van der Waals surface area contributed by atoms with Gasteiger partial charge in [0.05, 0.1) is 0 Å². The van der Waals surface area contributed by atoms with Crippen molar-refractivity contribution in [3.63, 3.8) is 0 Å². The van der Waals surface area contributed by atoms with Crippen LogP contribution in [-0.2, 0) is 4.79 Å². The van der Waals surface area contributed by atoms with E-state index >= 15 is 0 Å². The van der Waals surface area contributed by atoms with Crippen LogP contribution >= 0.6 is 0 Å². The summed E-state index contributed by atoms with van der Waals surface area (Å²) in [6.07, 6.45) is 8.10. The van der Waals surface area contributed by atoms with Crippen molar-refractivity contribution in [3.05, 3.63) is 35.5 Å². The minimum absolute atomic E-state index is 0.198. The van der Waals surface area contributed by atoms with Gasteiger partial charge in [-0.15, -0.1) is 0 Å². The van der Waals surface area contributed by atoms with E-state index in [9.17, 15) is 4.79 Å². The third-order valence-corrected chi connectivity index (χ3v) is 1.84. The molecule has 0 aliphatic heterocycles. The van der Waals surface area contributed by atoms with Crippen LogP contribution in [0.4, 0.5) is 0 Å². The second kappa shape index (κ2) is 3.33. The Balaban J connectivity index is 2.99. The summed E-state index contributed by atoms with van der Waals surface area (Å²) in [5.74, 6) is 0.198. The van der Waals surface area contributed by atoms with Gasteiger partial charge in [-0.05, 0) is 31.1 Å². The van der Waals surface area contributed by atoms with Crippen LogP contribution in [0.5, 0.6) is 0 Å². The molecule has 0 spiro atoms. The van der Waals surface area contributed by atoms with Crippen molar-refractivity contribution in [2.24, 2.45) is 0 Å². The second-order valence-electron chi connectivity index (χ2n) is 2.53. The Bertz CT molecular complexity index is 254. The van der Waals surface area contributed by atoms with Gasteiger partial charge < -0.3 is 0 Å². The summed E-state index contributed by atoms with van der Waals surface area (Å²) in [4.78, 5) is 10.9. The van der Waals surface area contributed by atoms with Crippen LogP contribution in [0.2, 0.25) is 0 Å². The van der Waals surface area contributed by atoms with E-state index < -0.39 is 0 Å². The highest BCUT2D eigenvalue weighted by atomic mass is 16.1. The summed E-state index contributed by atoms with van der Waals surface area (Å²) in [7, 11) is 0. The average Bonchev–Trinajstić information content (AvgIpc) is 2.04. The molecule has 0 aromatic heterocycles. The van der Waals surface area contributed by atoms with E-state index in [0.717, 1.165) is 5.57 Å². The summed E-state index contributed by atoms with van der Waals surface area (Å²) in [5.41, 5.74) is 2.31. The number of ketones is 1. The van der Waals surface area contributed by atoms with Gasteiger partial charge in [-0.3, -0.25) is 4.79 Å². The van der Waals surface area contributed by atoms with E-state index in [1.54, 1.807) is 6.08 Å². The molecule has 0 bridgehead atoms. The molecule has 0 fully saturated rings. The molecule has 0 saturated heterocycles. The van der Waals surface area contributed by atoms with E-state index in [1.165, 1.54) is 5.57 Å². The third kappa shape index (κ3) is 1.67. The Morgan fingerprint density at radius 3 is 2.55 bits per heavy atom. The molecule has 0 amide bonds. The topological polar surface area (TPSA) is 17.1 Å². The molecule has 1 aliphatic carbocycles. The highest BCUT2D eigenvalue weighted by Crippen LogP contribution is 2.20. The van der Waals surface area contributed by atoms with Crippen LogP contribution < -0.4 is 0 Å². The minimum Gasteiger partial charge on any atom is -0.294 e. The number of allylic oxidation sites excluding steroid dienone is 6. The zero-order valence-corrected chi connectivity index (χ0v) is 6.92. The SMILES string of the molecule is C/C=C1/C=CC(=O)C/C1=C/C. The minimum atomic E-state index is 0.198. The molecule has 1 nitrogen and oxygen atoms in total. The summed E-state index contributed by atoms with van der Waals surface area (Å²) in [6, 6.07) is 0. The van der Waals surface area contributed by atoms with Gasteiger partial charge in [-0.2, -0.15) is 0 Å². The third-order valence-electron chi connectivity index (χ3n) is 1.84. The first-order valence-corrected chi connectivity index (χ1v) is 3.80. The molecule has 0 radical (unpaired) electrons. The van der Waals surface area contributed by atoms with E-state index in [0.29, 0.717) is 6.42 Å². The van der Waals surface area contributed by atoms with Crippen molar-refractivity contribution in [1.82, 2.24) is 0 Å². The number of rotatable bonds is 0. The maximum atomic E-state index is 10.9. The van der Waals surface area contributed by atoms with Crippen LogP contribution in [0.3, 0.4) is 0 Å². The smallest absolute Gasteiger partial charge is 0.160 e. The molecule has 0 N–H and O–H groups in total. The van der Waals surface area contributed by atoms with E-state index in [4.69, 9.17) is 0 Å². The van der Waals surface area contributed by atoms with Crippen molar-refractivity contribution < 1.29 is 4.79 Å². The number of hydrogen-bond donors (Lipinski definition) is 0. The monoisotopic (exact) mass is 148 g/mol. The normalized spacial score (nSPS) is 25.1. The van der Waals surface area contributed by atoms with E-state index in [1.807, 2.05) is 32.1 Å². The first-order valence-electron chi connectivity index (χ1n) is 3.80. The van der Waals surface area contributed by atoms with Crippen LogP contribution in [0.25, 0.3) is 0 Å². The van der Waals surface area contributed by atoms with Gasteiger partial charge in [0, 0.05) is 6.42 Å². The summed E-state index contributed by atoms with van der Waals surface area (Å²) in [6.45, 7) is 3.95. The lowest BCUT2D eigenvalue weighted by atomic mass is 9.94. The molecule has 0 saturated carbocycles. The molecular formula is C10H12O. The molecule has 1 rings (SSSR count). The van der Waals surface area contributed by atoms with E-state index in [2.05, 4.69) is 0 Å². The zero-order valence-electron chi connectivity index (χ0n) is 6.92. The summed E-state index contributed by atoms with van der Waals surface area (Å²) >= 11 is 0. The Morgan fingerprint density at radius 2 is 2.00 bits per heavy atom. The summed E-state index contributed by atoms with van der Waals surface area (Å²) in [5, 5.41) is 0. The second-order valence-corrected chi connectivity index (χ2v) is 2.53. The maximum Gasteiger partial charge on any atom is 0.160 e. The lowest BCUT2D eigenvalue weighted by Gasteiger charge is -2.10.